The number of urea groups is 1. The van der Waals surface area contributed by atoms with Crippen LogP contribution in [0.4, 0.5) is 16.3 Å². The molecule has 2 aromatic rings. The maximum absolute atomic E-state index is 12.0. The third kappa shape index (κ3) is 4.65. The van der Waals surface area contributed by atoms with Crippen molar-refractivity contribution in [2.24, 2.45) is 0 Å². The van der Waals surface area contributed by atoms with Crippen molar-refractivity contribution in [1.82, 2.24) is 15.3 Å². The van der Waals surface area contributed by atoms with Gasteiger partial charge in [0, 0.05) is 42.7 Å². The van der Waals surface area contributed by atoms with Crippen molar-refractivity contribution >= 4 is 28.1 Å². The van der Waals surface area contributed by atoms with Crippen LogP contribution in [0.5, 0.6) is 0 Å². The molecule has 5 rings (SSSR count). The topological polar surface area (TPSA) is 120 Å². The summed E-state index contributed by atoms with van der Waals surface area (Å²) in [6.45, 7) is 2.71. The molecule has 2 aliphatic carbocycles. The van der Waals surface area contributed by atoms with Gasteiger partial charge in [0.25, 0.3) is 0 Å². The number of nitrogens with zero attached hydrogens (tertiary/aromatic N) is 3. The molecule has 1 aliphatic heterocycles. The molecule has 0 radical (unpaired) electrons. The van der Waals surface area contributed by atoms with Crippen LogP contribution in [-0.2, 0) is 9.48 Å². The van der Waals surface area contributed by atoms with E-state index < -0.39 is 15.3 Å². The number of ether oxygens (including phenoxy) is 1. The van der Waals surface area contributed by atoms with Crippen LogP contribution in [0.15, 0.2) is 30.3 Å². The molecule has 10 heteroatoms. The molecule has 2 saturated carbocycles. The molecule has 0 atom stereocenters. The van der Waals surface area contributed by atoms with Gasteiger partial charge in [0.1, 0.15) is 10.6 Å². The summed E-state index contributed by atoms with van der Waals surface area (Å²) in [5.41, 5.74) is 2.19. The van der Waals surface area contributed by atoms with Crippen molar-refractivity contribution < 1.29 is 18.6 Å². The predicted molar refractivity (Wildman–Crippen MR) is 130 cm³/mol. The van der Waals surface area contributed by atoms with Gasteiger partial charge in [-0.1, -0.05) is 0 Å². The van der Waals surface area contributed by atoms with E-state index in [9.17, 15) is 13.9 Å². The lowest BCUT2D eigenvalue weighted by Crippen LogP contribution is -2.41. The summed E-state index contributed by atoms with van der Waals surface area (Å²) in [4.78, 5) is 23.8. The van der Waals surface area contributed by atoms with Crippen LogP contribution < -0.4 is 15.5 Å². The SMILES string of the molecule is CS(O)(O)C1(c2cc(N3CCOCC3)nc(-c3ccc(NC(=O)NC4CC4)cc3)n2)CCC1. The van der Waals surface area contributed by atoms with E-state index in [1.807, 2.05) is 30.3 Å². The Morgan fingerprint density at radius 1 is 1.15 bits per heavy atom. The Bertz CT molecular complexity index is 1010. The summed E-state index contributed by atoms with van der Waals surface area (Å²) in [5.74, 6) is 1.32. The summed E-state index contributed by atoms with van der Waals surface area (Å²) >= 11 is 0. The standard InChI is InChI=1S/C23H31N5O4S/c1-33(30,31)23(9-2-10-23)19-15-20(28-11-13-32-14-12-28)27-21(26-19)16-3-5-17(6-4-16)24-22(29)25-18-7-8-18/h3-6,15,18,30-31H,2,7-14H2,1H3,(H2,24,25,29). The molecule has 0 spiro atoms. The number of benzene rings is 1. The fourth-order valence-corrected chi connectivity index (χ4v) is 5.94. The van der Waals surface area contributed by atoms with E-state index in [-0.39, 0.29) is 6.03 Å². The number of carbonyl (C=O) groups is 1. The molecule has 0 bridgehead atoms. The van der Waals surface area contributed by atoms with Gasteiger partial charge in [-0.15, -0.1) is 0 Å². The van der Waals surface area contributed by atoms with Crippen molar-refractivity contribution in [3.8, 4) is 11.4 Å². The average molecular weight is 474 g/mol. The minimum Gasteiger partial charge on any atom is -0.378 e. The second kappa shape index (κ2) is 8.75. The molecule has 3 aliphatic rings. The molecular weight excluding hydrogens is 442 g/mol. The molecular formula is C23H31N5O4S. The molecule has 178 valence electrons. The van der Waals surface area contributed by atoms with Gasteiger partial charge in [0.05, 0.1) is 18.9 Å². The Hall–Kier alpha value is -2.40. The maximum Gasteiger partial charge on any atom is 0.319 e. The molecule has 3 fully saturated rings. The Morgan fingerprint density at radius 2 is 1.85 bits per heavy atom. The van der Waals surface area contributed by atoms with Crippen molar-refractivity contribution in [3.05, 3.63) is 36.0 Å². The van der Waals surface area contributed by atoms with E-state index in [4.69, 9.17) is 14.7 Å². The second-order valence-electron chi connectivity index (χ2n) is 9.17. The number of morpholine rings is 1. The van der Waals surface area contributed by atoms with Gasteiger partial charge in [0.15, 0.2) is 5.82 Å². The van der Waals surface area contributed by atoms with E-state index in [1.54, 1.807) is 0 Å². The molecule has 33 heavy (non-hydrogen) atoms. The van der Waals surface area contributed by atoms with Crippen molar-refractivity contribution in [2.75, 3.05) is 42.8 Å². The molecule has 1 saturated heterocycles. The first kappa shape index (κ1) is 22.4. The molecule has 9 nitrogen and oxygen atoms in total. The van der Waals surface area contributed by atoms with Gasteiger partial charge in [0.2, 0.25) is 0 Å². The number of amides is 2. The molecule has 1 aromatic carbocycles. The zero-order valence-corrected chi connectivity index (χ0v) is 19.6. The number of aromatic nitrogens is 2. The summed E-state index contributed by atoms with van der Waals surface area (Å²) in [5, 5.41) is 5.76. The smallest absolute Gasteiger partial charge is 0.319 e. The van der Waals surface area contributed by atoms with Crippen LogP contribution in [0.2, 0.25) is 0 Å². The highest BCUT2D eigenvalue weighted by atomic mass is 32.3. The lowest BCUT2D eigenvalue weighted by molar-refractivity contribution is 0.122. The van der Waals surface area contributed by atoms with Crippen LogP contribution in [0.25, 0.3) is 11.4 Å². The zero-order chi connectivity index (χ0) is 23.1. The highest BCUT2D eigenvalue weighted by Gasteiger charge is 2.49. The van der Waals surface area contributed by atoms with Gasteiger partial charge in [-0.05, 0) is 56.4 Å². The van der Waals surface area contributed by atoms with Crippen LogP contribution in [0, 0.1) is 0 Å². The van der Waals surface area contributed by atoms with Gasteiger partial charge in [-0.3, -0.25) is 9.11 Å². The van der Waals surface area contributed by atoms with E-state index in [2.05, 4.69) is 15.5 Å². The van der Waals surface area contributed by atoms with Gasteiger partial charge < -0.3 is 20.3 Å². The lowest BCUT2D eigenvalue weighted by atomic mass is 9.81. The van der Waals surface area contributed by atoms with Crippen molar-refractivity contribution in [1.29, 1.82) is 0 Å². The van der Waals surface area contributed by atoms with Crippen molar-refractivity contribution in [3.63, 3.8) is 0 Å². The quantitative estimate of drug-likeness (QED) is 0.500. The van der Waals surface area contributed by atoms with Crippen LogP contribution in [0.1, 0.15) is 37.8 Å². The number of hydrogen-bond acceptors (Lipinski definition) is 7. The van der Waals surface area contributed by atoms with Crippen LogP contribution >= 0.6 is 10.6 Å². The Labute approximate surface area is 195 Å². The highest BCUT2D eigenvalue weighted by Crippen LogP contribution is 2.65. The molecule has 2 heterocycles. The highest BCUT2D eigenvalue weighted by molar-refractivity contribution is 8.24. The van der Waals surface area contributed by atoms with E-state index in [0.29, 0.717) is 49.3 Å². The summed E-state index contributed by atoms with van der Waals surface area (Å²) in [6.07, 6.45) is 5.94. The Kier molecular flexibility index (Phi) is 5.94. The van der Waals surface area contributed by atoms with Gasteiger partial charge >= 0.3 is 6.03 Å². The molecule has 2 amide bonds. The monoisotopic (exact) mass is 473 g/mol. The minimum absolute atomic E-state index is 0.196. The average Bonchev–Trinajstić information content (AvgIpc) is 3.57. The molecule has 0 unspecified atom stereocenters. The normalized spacial score (nSPS) is 20.6. The van der Waals surface area contributed by atoms with E-state index >= 15 is 0 Å². The van der Waals surface area contributed by atoms with E-state index in [0.717, 1.165) is 43.7 Å². The fourth-order valence-electron chi connectivity index (χ4n) is 4.37. The zero-order valence-electron chi connectivity index (χ0n) is 18.8. The number of hydrogen-bond donors (Lipinski definition) is 4. The third-order valence-corrected chi connectivity index (χ3v) is 8.83. The summed E-state index contributed by atoms with van der Waals surface area (Å²) in [7, 11) is -2.84. The number of carbonyl (C=O) groups excluding carboxylic acids is 1. The van der Waals surface area contributed by atoms with Gasteiger partial charge in [-0.25, -0.2) is 14.8 Å². The largest absolute Gasteiger partial charge is 0.378 e. The first-order valence-electron chi connectivity index (χ1n) is 11.5. The van der Waals surface area contributed by atoms with Gasteiger partial charge in [-0.2, -0.15) is 10.6 Å². The fraction of sp³-hybridized carbons (Fsp3) is 0.522. The number of rotatable bonds is 6. The number of nitrogens with one attached hydrogen (secondary N) is 2. The predicted octanol–water partition coefficient (Wildman–Crippen LogP) is 4.02. The van der Waals surface area contributed by atoms with Crippen LogP contribution in [-0.4, -0.2) is 63.7 Å². The summed E-state index contributed by atoms with van der Waals surface area (Å²) < 4.78 is 26.1. The first-order chi connectivity index (χ1) is 15.8. The lowest BCUT2D eigenvalue weighted by Gasteiger charge is -2.53. The third-order valence-electron chi connectivity index (χ3n) is 6.73. The number of anilines is 2. The Balaban J connectivity index is 1.46. The van der Waals surface area contributed by atoms with Crippen LogP contribution in [0.3, 0.4) is 0 Å². The second-order valence-corrected chi connectivity index (χ2v) is 11.6. The van der Waals surface area contributed by atoms with E-state index in [1.165, 1.54) is 6.26 Å². The maximum atomic E-state index is 12.0. The Morgan fingerprint density at radius 3 is 2.42 bits per heavy atom. The first-order valence-corrected chi connectivity index (χ1v) is 13.4. The minimum atomic E-state index is -2.84. The molecule has 4 N–H and O–H groups in total. The van der Waals surface area contributed by atoms with Crippen molar-refractivity contribution in [2.45, 2.75) is 42.9 Å². The summed E-state index contributed by atoms with van der Waals surface area (Å²) in [6, 6.07) is 9.45. The molecule has 1 aromatic heterocycles.